The van der Waals surface area contributed by atoms with E-state index >= 15 is 0 Å². The number of benzene rings is 1. The summed E-state index contributed by atoms with van der Waals surface area (Å²) in [6.07, 6.45) is 5.19. The Morgan fingerprint density at radius 1 is 1.50 bits per heavy atom. The van der Waals surface area contributed by atoms with Crippen LogP contribution in [-0.4, -0.2) is 10.7 Å². The van der Waals surface area contributed by atoms with Gasteiger partial charge in [0.05, 0.1) is 5.60 Å². The van der Waals surface area contributed by atoms with Crippen molar-refractivity contribution in [2.45, 2.75) is 44.6 Å². The van der Waals surface area contributed by atoms with Gasteiger partial charge in [0.25, 0.3) is 0 Å². The molecule has 2 heteroatoms. The molecule has 1 saturated carbocycles. The van der Waals surface area contributed by atoms with Gasteiger partial charge >= 0.3 is 0 Å². The monoisotopic (exact) mass is 282 g/mol. The molecule has 0 saturated heterocycles. The molecular weight excluding hydrogens is 264 g/mol. The fourth-order valence-corrected chi connectivity index (χ4v) is 3.39. The second-order valence-corrected chi connectivity index (χ2v) is 5.82. The molecule has 16 heavy (non-hydrogen) atoms. The van der Waals surface area contributed by atoms with Crippen molar-refractivity contribution in [3.05, 3.63) is 34.3 Å². The normalized spacial score (nSPS) is 29.6. The first-order valence-corrected chi connectivity index (χ1v) is 6.90. The van der Waals surface area contributed by atoms with E-state index in [1.165, 1.54) is 18.4 Å². The Hall–Kier alpha value is -0.340. The summed E-state index contributed by atoms with van der Waals surface area (Å²) in [7, 11) is 0. The van der Waals surface area contributed by atoms with Gasteiger partial charge in [0.1, 0.15) is 0 Å². The largest absolute Gasteiger partial charge is 0.389 e. The average Bonchev–Trinajstić information content (AvgIpc) is 2.59. The zero-order valence-corrected chi connectivity index (χ0v) is 11.3. The van der Waals surface area contributed by atoms with Gasteiger partial charge in [0.2, 0.25) is 0 Å². The fourth-order valence-electron chi connectivity index (χ4n) is 2.94. The van der Waals surface area contributed by atoms with Crippen LogP contribution in [0.5, 0.6) is 0 Å². The summed E-state index contributed by atoms with van der Waals surface area (Å²) in [5.41, 5.74) is 0.771. The zero-order valence-electron chi connectivity index (χ0n) is 9.75. The lowest BCUT2D eigenvalue weighted by Crippen LogP contribution is -2.35. The molecule has 1 N–H and O–H groups in total. The summed E-state index contributed by atoms with van der Waals surface area (Å²) in [5.74, 6) is 0.478. The second-order valence-electron chi connectivity index (χ2n) is 4.91. The minimum atomic E-state index is -0.463. The van der Waals surface area contributed by atoms with Crippen LogP contribution in [0.15, 0.2) is 28.7 Å². The first kappa shape index (κ1) is 12.1. The molecule has 0 spiro atoms. The van der Waals surface area contributed by atoms with Crippen molar-refractivity contribution in [2.75, 3.05) is 0 Å². The van der Waals surface area contributed by atoms with Crippen LogP contribution in [0.4, 0.5) is 0 Å². The molecule has 1 aromatic rings. The van der Waals surface area contributed by atoms with Gasteiger partial charge in [-0.15, -0.1) is 0 Å². The Balaban J connectivity index is 2.14. The average molecular weight is 283 g/mol. The highest BCUT2D eigenvalue weighted by atomic mass is 79.9. The van der Waals surface area contributed by atoms with E-state index in [0.717, 1.165) is 23.7 Å². The van der Waals surface area contributed by atoms with E-state index in [9.17, 15) is 5.11 Å². The van der Waals surface area contributed by atoms with Gasteiger partial charge in [-0.25, -0.2) is 0 Å². The summed E-state index contributed by atoms with van der Waals surface area (Å²) < 4.78 is 1.10. The van der Waals surface area contributed by atoms with E-state index in [4.69, 9.17) is 0 Å². The molecule has 2 atom stereocenters. The van der Waals surface area contributed by atoms with Crippen LogP contribution in [0.1, 0.15) is 38.2 Å². The molecule has 1 aromatic carbocycles. The standard InChI is InChI=1S/C14H19BrO/c1-2-12-6-4-8-14(12,16)10-11-5-3-7-13(15)9-11/h3,5,7,9,12,16H,2,4,6,8,10H2,1H3. The maximum atomic E-state index is 10.7. The minimum Gasteiger partial charge on any atom is -0.389 e. The van der Waals surface area contributed by atoms with Crippen molar-refractivity contribution in [1.29, 1.82) is 0 Å². The van der Waals surface area contributed by atoms with E-state index in [1.807, 2.05) is 12.1 Å². The molecule has 0 bridgehead atoms. The van der Waals surface area contributed by atoms with E-state index in [-0.39, 0.29) is 0 Å². The number of rotatable bonds is 3. The summed E-state index contributed by atoms with van der Waals surface area (Å²) in [4.78, 5) is 0. The number of hydrogen-bond acceptors (Lipinski definition) is 1. The molecule has 0 heterocycles. The van der Waals surface area contributed by atoms with Crippen LogP contribution >= 0.6 is 15.9 Å². The molecule has 0 radical (unpaired) electrons. The zero-order chi connectivity index (χ0) is 11.6. The summed E-state index contributed by atoms with van der Waals surface area (Å²) in [6.45, 7) is 2.18. The molecule has 1 nitrogen and oxygen atoms in total. The maximum Gasteiger partial charge on any atom is 0.0715 e. The van der Waals surface area contributed by atoms with Crippen molar-refractivity contribution in [3.8, 4) is 0 Å². The highest BCUT2D eigenvalue weighted by Gasteiger charge is 2.39. The molecule has 2 rings (SSSR count). The highest BCUT2D eigenvalue weighted by molar-refractivity contribution is 9.10. The Bertz CT molecular complexity index is 364. The first-order valence-electron chi connectivity index (χ1n) is 6.11. The molecule has 0 aromatic heterocycles. The van der Waals surface area contributed by atoms with Gasteiger partial charge in [-0.05, 0) is 36.5 Å². The molecule has 1 aliphatic carbocycles. The quantitative estimate of drug-likeness (QED) is 0.891. The number of halogens is 1. The Kier molecular flexibility index (Phi) is 3.70. The van der Waals surface area contributed by atoms with Crippen molar-refractivity contribution < 1.29 is 5.11 Å². The molecular formula is C14H19BrO. The van der Waals surface area contributed by atoms with Gasteiger partial charge in [-0.1, -0.05) is 47.8 Å². The minimum absolute atomic E-state index is 0.463. The number of hydrogen-bond donors (Lipinski definition) is 1. The van der Waals surface area contributed by atoms with E-state index in [1.54, 1.807) is 0 Å². The Morgan fingerprint density at radius 3 is 3.00 bits per heavy atom. The van der Waals surface area contributed by atoms with Gasteiger partial charge in [0, 0.05) is 10.9 Å². The number of aliphatic hydroxyl groups is 1. The van der Waals surface area contributed by atoms with Gasteiger partial charge in [0.15, 0.2) is 0 Å². The second kappa shape index (κ2) is 4.89. The predicted octanol–water partition coefficient (Wildman–Crippen LogP) is 3.93. The van der Waals surface area contributed by atoms with Crippen LogP contribution in [0.25, 0.3) is 0 Å². The lowest BCUT2D eigenvalue weighted by molar-refractivity contribution is 0.00146. The smallest absolute Gasteiger partial charge is 0.0715 e. The van der Waals surface area contributed by atoms with Crippen LogP contribution in [0, 0.1) is 5.92 Å². The predicted molar refractivity (Wildman–Crippen MR) is 70.4 cm³/mol. The molecule has 88 valence electrons. The first-order chi connectivity index (χ1) is 7.64. The lowest BCUT2D eigenvalue weighted by Gasteiger charge is -2.29. The molecule has 0 amide bonds. The third-order valence-corrected chi connectivity index (χ3v) is 4.31. The summed E-state index contributed by atoms with van der Waals surface area (Å²) in [6, 6.07) is 8.29. The van der Waals surface area contributed by atoms with Crippen molar-refractivity contribution in [2.24, 2.45) is 5.92 Å². The topological polar surface area (TPSA) is 20.2 Å². The highest BCUT2D eigenvalue weighted by Crippen LogP contribution is 2.40. The van der Waals surface area contributed by atoms with Crippen molar-refractivity contribution >= 4 is 15.9 Å². The van der Waals surface area contributed by atoms with Gasteiger partial charge < -0.3 is 5.11 Å². The maximum absolute atomic E-state index is 10.7. The van der Waals surface area contributed by atoms with Crippen LogP contribution < -0.4 is 0 Å². The van der Waals surface area contributed by atoms with E-state index in [2.05, 4.69) is 35.0 Å². The van der Waals surface area contributed by atoms with E-state index in [0.29, 0.717) is 5.92 Å². The van der Waals surface area contributed by atoms with Crippen LogP contribution in [0.3, 0.4) is 0 Å². The lowest BCUT2D eigenvalue weighted by atomic mass is 9.83. The van der Waals surface area contributed by atoms with Gasteiger partial charge in [-0.3, -0.25) is 0 Å². The Labute approximate surface area is 106 Å². The van der Waals surface area contributed by atoms with Crippen LogP contribution in [0.2, 0.25) is 0 Å². The van der Waals surface area contributed by atoms with Crippen LogP contribution in [-0.2, 0) is 6.42 Å². The molecule has 1 fully saturated rings. The molecule has 0 aliphatic heterocycles. The third kappa shape index (κ3) is 2.49. The van der Waals surface area contributed by atoms with E-state index < -0.39 is 5.60 Å². The molecule has 1 aliphatic rings. The van der Waals surface area contributed by atoms with Crippen molar-refractivity contribution in [3.63, 3.8) is 0 Å². The fraction of sp³-hybridized carbons (Fsp3) is 0.571. The summed E-state index contributed by atoms with van der Waals surface area (Å²) in [5, 5.41) is 10.7. The van der Waals surface area contributed by atoms with Gasteiger partial charge in [-0.2, -0.15) is 0 Å². The Morgan fingerprint density at radius 2 is 2.31 bits per heavy atom. The molecule has 2 unspecified atom stereocenters. The third-order valence-electron chi connectivity index (χ3n) is 3.81. The SMILES string of the molecule is CCC1CCCC1(O)Cc1cccc(Br)c1. The summed E-state index contributed by atoms with van der Waals surface area (Å²) >= 11 is 3.48. The van der Waals surface area contributed by atoms with Crippen molar-refractivity contribution in [1.82, 2.24) is 0 Å².